The molecule has 0 amide bonds. The smallest absolute Gasteiger partial charge is 0.138 e. The first-order valence-corrected chi connectivity index (χ1v) is 6.95. The Labute approximate surface area is 126 Å². The molecular formula is C12H9Br2N5. The maximum atomic E-state index is 8.73. The molecule has 2 aromatic rings. The van der Waals surface area contributed by atoms with Gasteiger partial charge in [0.2, 0.25) is 0 Å². The van der Waals surface area contributed by atoms with E-state index in [1.807, 2.05) is 43.3 Å². The summed E-state index contributed by atoms with van der Waals surface area (Å²) in [5, 5.41) is 8.17. The number of hydrogen-bond donors (Lipinski definition) is 0. The fraction of sp³-hybridized carbons (Fsp3) is 0.0833. The summed E-state index contributed by atoms with van der Waals surface area (Å²) in [7, 11) is 0. The second-order valence-electron chi connectivity index (χ2n) is 3.69. The lowest BCUT2D eigenvalue weighted by Gasteiger charge is -2.03. The number of aryl methyl sites for hydroxylation is 1. The van der Waals surface area contributed by atoms with Crippen molar-refractivity contribution in [3.05, 3.63) is 55.4 Å². The standard InChI is InChI=1S/C12H9Br2N5/c1-8-10(7-11(13)14)12(16-18-15)19(17-8)9-5-3-2-4-6-9/h2-7H,1H3. The molecule has 0 atom stereocenters. The zero-order valence-corrected chi connectivity index (χ0v) is 13.1. The Kier molecular flexibility index (Phi) is 4.42. The maximum Gasteiger partial charge on any atom is 0.138 e. The van der Waals surface area contributed by atoms with Crippen molar-refractivity contribution in [2.75, 3.05) is 0 Å². The van der Waals surface area contributed by atoms with Gasteiger partial charge in [0.05, 0.1) is 14.8 Å². The van der Waals surface area contributed by atoms with Crippen molar-refractivity contribution < 1.29 is 0 Å². The van der Waals surface area contributed by atoms with Gasteiger partial charge in [0, 0.05) is 10.5 Å². The van der Waals surface area contributed by atoms with E-state index in [1.165, 1.54) is 0 Å². The van der Waals surface area contributed by atoms with Crippen LogP contribution in [0.2, 0.25) is 0 Å². The average molecular weight is 383 g/mol. The van der Waals surface area contributed by atoms with Crippen molar-refractivity contribution in [3.8, 4) is 5.69 Å². The Morgan fingerprint density at radius 1 is 1.37 bits per heavy atom. The molecule has 5 nitrogen and oxygen atoms in total. The van der Waals surface area contributed by atoms with Crippen LogP contribution in [-0.4, -0.2) is 9.78 Å². The summed E-state index contributed by atoms with van der Waals surface area (Å²) in [6, 6.07) is 9.53. The summed E-state index contributed by atoms with van der Waals surface area (Å²) in [4.78, 5) is 2.88. The van der Waals surface area contributed by atoms with Crippen molar-refractivity contribution in [1.82, 2.24) is 9.78 Å². The number of aromatic nitrogens is 2. The van der Waals surface area contributed by atoms with Crippen LogP contribution in [0.1, 0.15) is 11.3 Å². The Balaban J connectivity index is 2.70. The highest BCUT2D eigenvalue weighted by molar-refractivity contribution is 9.28. The first kappa shape index (κ1) is 13.9. The molecule has 0 saturated carbocycles. The molecule has 0 unspecified atom stereocenters. The minimum absolute atomic E-state index is 0.461. The molecule has 0 aliphatic carbocycles. The van der Waals surface area contributed by atoms with E-state index in [4.69, 9.17) is 5.53 Å². The highest BCUT2D eigenvalue weighted by atomic mass is 79.9. The van der Waals surface area contributed by atoms with E-state index in [0.29, 0.717) is 5.82 Å². The number of hydrogen-bond acceptors (Lipinski definition) is 2. The van der Waals surface area contributed by atoms with Gasteiger partial charge < -0.3 is 0 Å². The van der Waals surface area contributed by atoms with Gasteiger partial charge in [0.1, 0.15) is 5.82 Å². The summed E-state index contributed by atoms with van der Waals surface area (Å²) in [5.41, 5.74) is 11.1. The highest BCUT2D eigenvalue weighted by Gasteiger charge is 2.13. The van der Waals surface area contributed by atoms with Crippen LogP contribution in [0, 0.1) is 6.92 Å². The lowest BCUT2D eigenvalue weighted by molar-refractivity contribution is 0.861. The molecule has 2 rings (SSSR count). The number of azide groups is 1. The van der Waals surface area contributed by atoms with Gasteiger partial charge in [-0.3, -0.25) is 0 Å². The number of para-hydroxylation sites is 1. The van der Waals surface area contributed by atoms with E-state index < -0.39 is 0 Å². The van der Waals surface area contributed by atoms with Crippen LogP contribution in [0.3, 0.4) is 0 Å². The van der Waals surface area contributed by atoms with Crippen LogP contribution in [0.15, 0.2) is 38.8 Å². The van der Waals surface area contributed by atoms with Gasteiger partial charge in [-0.05, 0) is 67.6 Å². The Morgan fingerprint density at radius 3 is 2.63 bits per heavy atom. The van der Waals surface area contributed by atoms with Gasteiger partial charge in [-0.25, -0.2) is 4.68 Å². The van der Waals surface area contributed by atoms with Crippen molar-refractivity contribution in [1.29, 1.82) is 0 Å². The fourth-order valence-electron chi connectivity index (χ4n) is 1.69. The first-order chi connectivity index (χ1) is 9.13. The van der Waals surface area contributed by atoms with Gasteiger partial charge in [-0.15, -0.1) is 0 Å². The summed E-state index contributed by atoms with van der Waals surface area (Å²) >= 11 is 6.60. The molecule has 0 N–H and O–H groups in total. The number of nitrogens with zero attached hydrogens (tertiary/aromatic N) is 5. The van der Waals surface area contributed by atoms with Crippen molar-refractivity contribution in [2.24, 2.45) is 5.11 Å². The third-order valence-electron chi connectivity index (χ3n) is 2.47. The molecule has 0 spiro atoms. The minimum atomic E-state index is 0.461. The first-order valence-electron chi connectivity index (χ1n) is 5.36. The fourth-order valence-corrected chi connectivity index (χ4v) is 2.15. The summed E-state index contributed by atoms with van der Waals surface area (Å²) < 4.78 is 2.38. The average Bonchev–Trinajstić information content (AvgIpc) is 2.69. The van der Waals surface area contributed by atoms with Gasteiger partial charge in [-0.1, -0.05) is 18.2 Å². The van der Waals surface area contributed by atoms with Crippen molar-refractivity contribution in [3.63, 3.8) is 0 Å². The van der Waals surface area contributed by atoms with Crippen LogP contribution in [0.4, 0.5) is 5.82 Å². The third kappa shape index (κ3) is 3.07. The molecule has 96 valence electrons. The van der Waals surface area contributed by atoms with Gasteiger partial charge >= 0.3 is 0 Å². The Hall–Kier alpha value is -1.56. The van der Waals surface area contributed by atoms with E-state index in [-0.39, 0.29) is 0 Å². The van der Waals surface area contributed by atoms with Crippen LogP contribution in [0.25, 0.3) is 22.2 Å². The number of halogens is 2. The molecular weight excluding hydrogens is 374 g/mol. The van der Waals surface area contributed by atoms with Crippen molar-refractivity contribution in [2.45, 2.75) is 6.92 Å². The van der Waals surface area contributed by atoms with Crippen LogP contribution in [0.5, 0.6) is 0 Å². The molecule has 0 aliphatic heterocycles. The van der Waals surface area contributed by atoms with Gasteiger partial charge in [-0.2, -0.15) is 5.10 Å². The van der Waals surface area contributed by atoms with E-state index in [1.54, 1.807) is 4.68 Å². The van der Waals surface area contributed by atoms with Crippen LogP contribution >= 0.6 is 31.9 Å². The molecule has 0 saturated heterocycles. The molecule has 0 fully saturated rings. The van der Waals surface area contributed by atoms with Gasteiger partial charge in [0.15, 0.2) is 0 Å². The summed E-state index contributed by atoms with van der Waals surface area (Å²) in [6.07, 6.45) is 1.81. The van der Waals surface area contributed by atoms with Crippen LogP contribution in [-0.2, 0) is 0 Å². The van der Waals surface area contributed by atoms with E-state index in [0.717, 1.165) is 20.3 Å². The molecule has 0 bridgehead atoms. The maximum absolute atomic E-state index is 8.73. The Morgan fingerprint density at radius 2 is 2.05 bits per heavy atom. The number of rotatable bonds is 3. The number of benzene rings is 1. The lowest BCUT2D eigenvalue weighted by atomic mass is 10.2. The zero-order valence-electron chi connectivity index (χ0n) is 9.96. The molecule has 0 aliphatic rings. The summed E-state index contributed by atoms with van der Waals surface area (Å²) in [5.74, 6) is 0.461. The van der Waals surface area contributed by atoms with Crippen LogP contribution < -0.4 is 0 Å². The largest absolute Gasteiger partial charge is 0.230 e. The van der Waals surface area contributed by atoms with Crippen molar-refractivity contribution >= 4 is 43.8 Å². The Bertz CT molecular complexity index is 665. The lowest BCUT2D eigenvalue weighted by Crippen LogP contribution is -1.95. The minimum Gasteiger partial charge on any atom is -0.230 e. The zero-order chi connectivity index (χ0) is 13.8. The molecule has 1 heterocycles. The molecule has 7 heteroatoms. The van der Waals surface area contributed by atoms with E-state index >= 15 is 0 Å². The SMILES string of the molecule is Cc1nn(-c2ccccc2)c(N=[N+]=[N-])c1C=C(Br)Br. The molecule has 1 aromatic carbocycles. The topological polar surface area (TPSA) is 66.6 Å². The van der Waals surface area contributed by atoms with E-state index in [9.17, 15) is 0 Å². The predicted molar refractivity (Wildman–Crippen MR) is 82.9 cm³/mol. The molecule has 0 radical (unpaired) electrons. The predicted octanol–water partition coefficient (Wildman–Crippen LogP) is 5.21. The highest BCUT2D eigenvalue weighted by Crippen LogP contribution is 2.30. The normalized spacial score (nSPS) is 9.84. The quantitative estimate of drug-likeness (QED) is 0.408. The third-order valence-corrected chi connectivity index (χ3v) is 2.93. The monoisotopic (exact) mass is 381 g/mol. The summed E-state index contributed by atoms with van der Waals surface area (Å²) in [6.45, 7) is 1.87. The second-order valence-corrected chi connectivity index (χ2v) is 6.47. The molecule has 19 heavy (non-hydrogen) atoms. The van der Waals surface area contributed by atoms with Gasteiger partial charge in [0.25, 0.3) is 0 Å². The van der Waals surface area contributed by atoms with E-state index in [2.05, 4.69) is 47.0 Å². The molecule has 1 aromatic heterocycles. The second kappa shape index (κ2) is 6.06.